The van der Waals surface area contributed by atoms with Crippen LogP contribution in [0.3, 0.4) is 0 Å². The van der Waals surface area contributed by atoms with Crippen LogP contribution in [0.5, 0.6) is 5.75 Å². The largest absolute Gasteiger partial charge is 0.497 e. The van der Waals surface area contributed by atoms with E-state index in [0.29, 0.717) is 5.91 Å². The average molecular weight is 377 g/mol. The quantitative estimate of drug-likeness (QED) is 0.867. The molecule has 0 aromatic carbocycles. The fourth-order valence-electron chi connectivity index (χ4n) is 3.18. The molecule has 1 atom stereocenters. The lowest BCUT2D eigenvalue weighted by molar-refractivity contribution is -0.136. The fourth-order valence-corrected chi connectivity index (χ4v) is 3.18. The van der Waals surface area contributed by atoms with Crippen LogP contribution in [0, 0.1) is 5.92 Å². The Kier molecular flexibility index (Phi) is 8.59. The molecule has 3 rings (SSSR count). The van der Waals surface area contributed by atoms with Gasteiger partial charge in [-0.25, -0.2) is 4.98 Å². The van der Waals surface area contributed by atoms with Crippen LogP contribution in [0.2, 0.25) is 0 Å². The number of ether oxygens (including phenoxy) is 1. The summed E-state index contributed by atoms with van der Waals surface area (Å²) >= 11 is 0. The molecule has 0 aliphatic carbocycles. The highest BCUT2D eigenvalue weighted by molar-refractivity contribution is 5.85. The van der Waals surface area contributed by atoms with Crippen molar-refractivity contribution in [3.63, 3.8) is 0 Å². The summed E-state index contributed by atoms with van der Waals surface area (Å²) in [5, 5.41) is 3.32. The number of anilines is 1. The first-order chi connectivity index (χ1) is 10.8. The Bertz CT molecular complexity index is 519. The lowest BCUT2D eigenvalue weighted by atomic mass is 9.98. The van der Waals surface area contributed by atoms with E-state index in [9.17, 15) is 4.79 Å². The lowest BCUT2D eigenvalue weighted by Gasteiger charge is -2.37. The number of piperazine rings is 1. The van der Waals surface area contributed by atoms with E-state index in [1.54, 1.807) is 13.3 Å². The Morgan fingerprint density at radius 1 is 1.29 bits per heavy atom. The monoisotopic (exact) mass is 376 g/mol. The van der Waals surface area contributed by atoms with E-state index in [0.717, 1.165) is 63.7 Å². The number of amides is 1. The zero-order chi connectivity index (χ0) is 15.4. The minimum atomic E-state index is 0. The Morgan fingerprint density at radius 2 is 2.04 bits per heavy atom. The third-order valence-corrected chi connectivity index (χ3v) is 4.51. The van der Waals surface area contributed by atoms with Crippen LogP contribution in [0.4, 0.5) is 5.82 Å². The SMILES string of the molecule is COc1ccnc(N2CCN(C(=O)C3CCCNC3)CC2)c1.Cl.Cl. The number of methoxy groups -OCH3 is 1. The summed E-state index contributed by atoms with van der Waals surface area (Å²) < 4.78 is 5.25. The minimum absolute atomic E-state index is 0. The molecule has 1 aromatic heterocycles. The van der Waals surface area contributed by atoms with E-state index in [-0.39, 0.29) is 30.7 Å². The molecule has 1 unspecified atom stereocenters. The molecule has 1 N–H and O–H groups in total. The average Bonchev–Trinajstić information content (AvgIpc) is 2.62. The third kappa shape index (κ3) is 4.88. The first-order valence-corrected chi connectivity index (χ1v) is 8.02. The van der Waals surface area contributed by atoms with Gasteiger partial charge in [-0.1, -0.05) is 0 Å². The smallest absolute Gasteiger partial charge is 0.227 e. The van der Waals surface area contributed by atoms with Gasteiger partial charge in [-0.3, -0.25) is 4.79 Å². The van der Waals surface area contributed by atoms with Crippen LogP contribution in [-0.4, -0.2) is 62.2 Å². The second kappa shape index (κ2) is 9.91. The number of rotatable bonds is 3. The summed E-state index contributed by atoms with van der Waals surface area (Å²) in [5.41, 5.74) is 0. The maximum Gasteiger partial charge on any atom is 0.227 e. The summed E-state index contributed by atoms with van der Waals surface area (Å²) in [6.45, 7) is 5.07. The normalized spacial score (nSPS) is 20.6. The number of halogens is 2. The van der Waals surface area contributed by atoms with E-state index in [1.807, 2.05) is 17.0 Å². The molecule has 1 amide bonds. The molecule has 2 fully saturated rings. The molecular formula is C16H26Cl2N4O2. The summed E-state index contributed by atoms with van der Waals surface area (Å²) in [7, 11) is 1.66. The van der Waals surface area contributed by atoms with Crippen LogP contribution in [0.25, 0.3) is 0 Å². The molecule has 3 heterocycles. The first-order valence-electron chi connectivity index (χ1n) is 8.02. The highest BCUT2D eigenvalue weighted by Crippen LogP contribution is 2.20. The number of piperidine rings is 1. The van der Waals surface area contributed by atoms with Gasteiger partial charge in [0.25, 0.3) is 0 Å². The van der Waals surface area contributed by atoms with Gasteiger partial charge in [0.2, 0.25) is 5.91 Å². The molecule has 0 bridgehead atoms. The minimum Gasteiger partial charge on any atom is -0.497 e. The molecule has 24 heavy (non-hydrogen) atoms. The second-order valence-electron chi connectivity index (χ2n) is 5.91. The standard InChI is InChI=1S/C16H24N4O2.2ClH/c1-22-14-4-6-18-15(11-14)19-7-9-20(10-8-19)16(21)13-3-2-5-17-12-13;;/h4,6,11,13,17H,2-3,5,7-10,12H2,1H3;2*1H. The van der Waals surface area contributed by atoms with Crippen molar-refractivity contribution in [1.29, 1.82) is 0 Å². The zero-order valence-corrected chi connectivity index (χ0v) is 15.6. The van der Waals surface area contributed by atoms with Gasteiger partial charge in [0, 0.05) is 45.0 Å². The predicted molar refractivity (Wildman–Crippen MR) is 99.7 cm³/mol. The highest BCUT2D eigenvalue weighted by Gasteiger charge is 2.28. The molecule has 2 saturated heterocycles. The number of nitrogens with one attached hydrogen (secondary N) is 1. The molecular weight excluding hydrogens is 351 g/mol. The number of nitrogens with zero attached hydrogens (tertiary/aromatic N) is 3. The van der Waals surface area contributed by atoms with E-state index < -0.39 is 0 Å². The summed E-state index contributed by atoms with van der Waals surface area (Å²) in [4.78, 5) is 21.2. The van der Waals surface area contributed by atoms with Gasteiger partial charge in [0.15, 0.2) is 0 Å². The Balaban J connectivity index is 0.00000144. The Labute approximate surface area is 155 Å². The van der Waals surface area contributed by atoms with E-state index in [1.165, 1.54) is 0 Å². The van der Waals surface area contributed by atoms with Gasteiger partial charge in [-0.15, -0.1) is 24.8 Å². The van der Waals surface area contributed by atoms with Crippen molar-refractivity contribution in [2.24, 2.45) is 5.92 Å². The number of hydrogen-bond donors (Lipinski definition) is 1. The number of carbonyl (C=O) groups is 1. The molecule has 0 saturated carbocycles. The molecule has 6 nitrogen and oxygen atoms in total. The molecule has 0 radical (unpaired) electrons. The fraction of sp³-hybridized carbons (Fsp3) is 0.625. The van der Waals surface area contributed by atoms with Gasteiger partial charge in [-0.05, 0) is 25.5 Å². The van der Waals surface area contributed by atoms with Crippen LogP contribution in [-0.2, 0) is 4.79 Å². The number of aromatic nitrogens is 1. The third-order valence-electron chi connectivity index (χ3n) is 4.51. The van der Waals surface area contributed by atoms with Gasteiger partial charge in [0.05, 0.1) is 13.0 Å². The van der Waals surface area contributed by atoms with Crippen molar-refractivity contribution < 1.29 is 9.53 Å². The van der Waals surface area contributed by atoms with Crippen LogP contribution < -0.4 is 15.0 Å². The van der Waals surface area contributed by atoms with Crippen molar-refractivity contribution >= 4 is 36.5 Å². The molecule has 8 heteroatoms. The van der Waals surface area contributed by atoms with Crippen molar-refractivity contribution in [3.05, 3.63) is 18.3 Å². The Morgan fingerprint density at radius 3 is 2.67 bits per heavy atom. The van der Waals surface area contributed by atoms with Crippen LogP contribution in [0.15, 0.2) is 18.3 Å². The number of carbonyl (C=O) groups excluding carboxylic acids is 1. The van der Waals surface area contributed by atoms with Gasteiger partial charge < -0.3 is 19.9 Å². The zero-order valence-electron chi connectivity index (χ0n) is 13.9. The van der Waals surface area contributed by atoms with E-state index in [2.05, 4.69) is 15.2 Å². The van der Waals surface area contributed by atoms with Crippen LogP contribution >= 0.6 is 24.8 Å². The van der Waals surface area contributed by atoms with E-state index >= 15 is 0 Å². The van der Waals surface area contributed by atoms with Crippen molar-refractivity contribution in [2.45, 2.75) is 12.8 Å². The van der Waals surface area contributed by atoms with Gasteiger partial charge in [0.1, 0.15) is 11.6 Å². The lowest BCUT2D eigenvalue weighted by Crippen LogP contribution is -2.52. The molecule has 0 spiro atoms. The topological polar surface area (TPSA) is 57.7 Å². The first kappa shape index (κ1) is 20.8. The molecule has 2 aliphatic rings. The van der Waals surface area contributed by atoms with E-state index in [4.69, 9.17) is 4.74 Å². The highest BCUT2D eigenvalue weighted by atomic mass is 35.5. The number of hydrogen-bond acceptors (Lipinski definition) is 5. The van der Waals surface area contributed by atoms with Crippen molar-refractivity contribution in [2.75, 3.05) is 51.3 Å². The predicted octanol–water partition coefficient (Wildman–Crippen LogP) is 1.58. The maximum atomic E-state index is 12.5. The second-order valence-corrected chi connectivity index (χ2v) is 5.91. The maximum absolute atomic E-state index is 12.5. The van der Waals surface area contributed by atoms with Crippen molar-refractivity contribution in [3.8, 4) is 5.75 Å². The van der Waals surface area contributed by atoms with Gasteiger partial charge >= 0.3 is 0 Å². The number of pyridine rings is 1. The van der Waals surface area contributed by atoms with Crippen molar-refractivity contribution in [1.82, 2.24) is 15.2 Å². The van der Waals surface area contributed by atoms with Crippen LogP contribution in [0.1, 0.15) is 12.8 Å². The molecule has 2 aliphatic heterocycles. The summed E-state index contributed by atoms with van der Waals surface area (Å²) in [5.74, 6) is 2.21. The summed E-state index contributed by atoms with van der Waals surface area (Å²) in [6.07, 6.45) is 3.88. The Hall–Kier alpha value is -1.24. The molecule has 1 aromatic rings. The summed E-state index contributed by atoms with van der Waals surface area (Å²) in [6, 6.07) is 3.79. The van der Waals surface area contributed by atoms with Gasteiger partial charge in [-0.2, -0.15) is 0 Å². The molecule has 136 valence electrons.